The zero-order valence-corrected chi connectivity index (χ0v) is 12.7. The van der Waals surface area contributed by atoms with Crippen LogP contribution in [0.3, 0.4) is 0 Å². The summed E-state index contributed by atoms with van der Waals surface area (Å²) in [6.07, 6.45) is 0.794. The molecular weight excluding hydrogens is 310 g/mol. The molecule has 0 unspecified atom stereocenters. The van der Waals surface area contributed by atoms with Crippen LogP contribution in [0.15, 0.2) is 17.5 Å². The number of carbonyl (C=O) groups excluding carboxylic acids is 1. The average molecular weight is 321 g/mol. The molecule has 0 radical (unpaired) electrons. The molecular formula is C11H11N7OS2. The highest BCUT2D eigenvalue weighted by Crippen LogP contribution is 2.19. The number of anilines is 1. The second-order valence-corrected chi connectivity index (χ2v) is 6.03. The normalized spacial score (nSPS) is 10.7. The van der Waals surface area contributed by atoms with Gasteiger partial charge >= 0.3 is 0 Å². The van der Waals surface area contributed by atoms with Gasteiger partial charge in [-0.25, -0.2) is 0 Å². The van der Waals surface area contributed by atoms with Gasteiger partial charge in [0.2, 0.25) is 16.9 Å². The summed E-state index contributed by atoms with van der Waals surface area (Å²) in [5, 5.41) is 25.7. The SMILES string of the molecule is CCc1nnc(NC(=O)Cn2nnc(-c3cccs3)n2)s1. The maximum absolute atomic E-state index is 11.9. The minimum absolute atomic E-state index is 0.0145. The monoisotopic (exact) mass is 321 g/mol. The third kappa shape index (κ3) is 3.28. The lowest BCUT2D eigenvalue weighted by Crippen LogP contribution is -2.20. The number of thiophene rings is 1. The van der Waals surface area contributed by atoms with E-state index in [9.17, 15) is 4.79 Å². The Labute approximate surface area is 127 Å². The Hall–Kier alpha value is -2.20. The van der Waals surface area contributed by atoms with Crippen molar-refractivity contribution in [2.75, 3.05) is 5.32 Å². The number of amides is 1. The Kier molecular flexibility index (Phi) is 3.97. The van der Waals surface area contributed by atoms with E-state index in [1.54, 1.807) is 0 Å². The minimum atomic E-state index is -0.260. The molecule has 3 aromatic heterocycles. The fourth-order valence-electron chi connectivity index (χ4n) is 1.55. The summed E-state index contributed by atoms with van der Waals surface area (Å²) in [7, 11) is 0. The van der Waals surface area contributed by atoms with Gasteiger partial charge in [0.15, 0.2) is 0 Å². The van der Waals surface area contributed by atoms with Crippen LogP contribution in [0.5, 0.6) is 0 Å². The Morgan fingerprint density at radius 3 is 3.00 bits per heavy atom. The number of hydrogen-bond acceptors (Lipinski definition) is 8. The summed E-state index contributed by atoms with van der Waals surface area (Å²) in [4.78, 5) is 14.0. The topological polar surface area (TPSA) is 98.5 Å². The molecule has 3 heterocycles. The molecule has 1 N–H and O–H groups in total. The number of aromatic nitrogens is 6. The van der Waals surface area contributed by atoms with Crippen molar-refractivity contribution in [2.45, 2.75) is 19.9 Å². The van der Waals surface area contributed by atoms with Crippen molar-refractivity contribution in [3.8, 4) is 10.7 Å². The summed E-state index contributed by atoms with van der Waals surface area (Å²) in [6.45, 7) is 1.97. The smallest absolute Gasteiger partial charge is 0.249 e. The fraction of sp³-hybridized carbons (Fsp3) is 0.273. The van der Waals surface area contributed by atoms with Crippen molar-refractivity contribution in [3.63, 3.8) is 0 Å². The van der Waals surface area contributed by atoms with Crippen LogP contribution in [0.25, 0.3) is 10.7 Å². The van der Waals surface area contributed by atoms with E-state index < -0.39 is 0 Å². The van der Waals surface area contributed by atoms with Gasteiger partial charge in [-0.3, -0.25) is 10.1 Å². The van der Waals surface area contributed by atoms with Gasteiger partial charge in [-0.15, -0.1) is 31.7 Å². The van der Waals surface area contributed by atoms with Gasteiger partial charge in [-0.05, 0) is 23.1 Å². The van der Waals surface area contributed by atoms with Gasteiger partial charge in [0.05, 0.1) is 4.88 Å². The number of tetrazole rings is 1. The number of rotatable bonds is 5. The lowest BCUT2D eigenvalue weighted by Gasteiger charge is -1.98. The van der Waals surface area contributed by atoms with Crippen LogP contribution in [0.1, 0.15) is 11.9 Å². The molecule has 0 saturated carbocycles. The van der Waals surface area contributed by atoms with Gasteiger partial charge in [0, 0.05) is 0 Å². The molecule has 0 spiro atoms. The van der Waals surface area contributed by atoms with Gasteiger partial charge in [0.1, 0.15) is 11.6 Å². The van der Waals surface area contributed by atoms with Crippen molar-refractivity contribution in [1.29, 1.82) is 0 Å². The zero-order chi connectivity index (χ0) is 14.7. The summed E-state index contributed by atoms with van der Waals surface area (Å²) in [6, 6.07) is 3.81. The van der Waals surface area contributed by atoms with Crippen molar-refractivity contribution in [2.24, 2.45) is 0 Å². The highest BCUT2D eigenvalue weighted by molar-refractivity contribution is 7.15. The Bertz CT molecular complexity index is 733. The predicted molar refractivity (Wildman–Crippen MR) is 79.0 cm³/mol. The molecule has 0 fully saturated rings. The van der Waals surface area contributed by atoms with Crippen LogP contribution in [0.4, 0.5) is 5.13 Å². The van der Waals surface area contributed by atoms with E-state index in [-0.39, 0.29) is 12.5 Å². The number of carbonyl (C=O) groups is 1. The molecule has 21 heavy (non-hydrogen) atoms. The maximum Gasteiger partial charge on any atom is 0.249 e. The van der Waals surface area contributed by atoms with Crippen LogP contribution >= 0.6 is 22.7 Å². The molecule has 0 aromatic carbocycles. The van der Waals surface area contributed by atoms with Gasteiger partial charge < -0.3 is 0 Å². The molecule has 0 saturated heterocycles. The van der Waals surface area contributed by atoms with Crippen molar-refractivity contribution >= 4 is 33.7 Å². The number of hydrogen-bond donors (Lipinski definition) is 1. The first-order chi connectivity index (χ1) is 10.2. The van der Waals surface area contributed by atoms with Crippen LogP contribution in [-0.4, -0.2) is 36.3 Å². The molecule has 3 aromatic rings. The first-order valence-corrected chi connectivity index (χ1v) is 7.88. The van der Waals surface area contributed by atoms with Gasteiger partial charge in [0.25, 0.3) is 0 Å². The van der Waals surface area contributed by atoms with Crippen molar-refractivity contribution in [1.82, 2.24) is 30.4 Å². The fourth-order valence-corrected chi connectivity index (χ4v) is 2.89. The molecule has 0 aliphatic heterocycles. The third-order valence-electron chi connectivity index (χ3n) is 2.50. The van der Waals surface area contributed by atoms with E-state index in [4.69, 9.17) is 0 Å². The zero-order valence-electron chi connectivity index (χ0n) is 11.1. The molecule has 108 valence electrons. The number of aryl methyl sites for hydroxylation is 1. The quantitative estimate of drug-likeness (QED) is 0.764. The van der Waals surface area contributed by atoms with Crippen molar-refractivity contribution < 1.29 is 4.79 Å². The standard InChI is InChI=1S/C11H11N7OS2/c1-2-9-13-15-11(21-9)12-8(19)6-18-16-10(14-17-18)7-4-3-5-20-7/h3-5H,2,6H2,1H3,(H,12,15,19). The molecule has 0 bridgehead atoms. The summed E-state index contributed by atoms with van der Waals surface area (Å²) < 4.78 is 0. The Morgan fingerprint density at radius 1 is 1.38 bits per heavy atom. The first-order valence-electron chi connectivity index (χ1n) is 6.18. The largest absolute Gasteiger partial charge is 0.299 e. The van der Waals surface area contributed by atoms with Crippen LogP contribution in [0, 0.1) is 0 Å². The lowest BCUT2D eigenvalue weighted by atomic mass is 10.5. The summed E-state index contributed by atoms with van der Waals surface area (Å²) in [5.74, 6) is 0.255. The molecule has 0 atom stereocenters. The number of nitrogens with one attached hydrogen (secondary N) is 1. The Balaban J connectivity index is 1.62. The second kappa shape index (κ2) is 6.06. The van der Waals surface area contributed by atoms with E-state index in [1.165, 1.54) is 27.5 Å². The van der Waals surface area contributed by atoms with Gasteiger partial charge in [-0.1, -0.05) is 24.3 Å². The number of nitrogens with zero attached hydrogens (tertiary/aromatic N) is 6. The highest BCUT2D eigenvalue weighted by atomic mass is 32.1. The van der Waals surface area contributed by atoms with Gasteiger partial charge in [-0.2, -0.15) is 4.80 Å². The minimum Gasteiger partial charge on any atom is -0.299 e. The highest BCUT2D eigenvalue weighted by Gasteiger charge is 2.11. The molecule has 10 heteroatoms. The van der Waals surface area contributed by atoms with Crippen LogP contribution in [0.2, 0.25) is 0 Å². The van der Waals surface area contributed by atoms with Crippen molar-refractivity contribution in [3.05, 3.63) is 22.5 Å². The summed E-state index contributed by atoms with van der Waals surface area (Å²) in [5.41, 5.74) is 0. The van der Waals surface area contributed by atoms with E-state index >= 15 is 0 Å². The van der Waals surface area contributed by atoms with E-state index in [0.717, 1.165) is 16.3 Å². The molecule has 3 rings (SSSR count). The Morgan fingerprint density at radius 2 is 2.29 bits per heavy atom. The average Bonchev–Trinajstić information content (AvgIpc) is 3.19. The van der Waals surface area contributed by atoms with E-state index in [1.807, 2.05) is 24.4 Å². The third-order valence-corrected chi connectivity index (χ3v) is 4.34. The molecule has 0 aliphatic carbocycles. The maximum atomic E-state index is 11.9. The summed E-state index contributed by atoms with van der Waals surface area (Å²) >= 11 is 2.88. The van der Waals surface area contributed by atoms with E-state index in [0.29, 0.717) is 11.0 Å². The van der Waals surface area contributed by atoms with Crippen LogP contribution in [-0.2, 0) is 17.8 Å². The molecule has 1 amide bonds. The first kappa shape index (κ1) is 13.8. The van der Waals surface area contributed by atoms with Crippen LogP contribution < -0.4 is 5.32 Å². The molecule has 8 nitrogen and oxygen atoms in total. The molecule has 0 aliphatic rings. The lowest BCUT2D eigenvalue weighted by molar-refractivity contribution is -0.117. The van der Waals surface area contributed by atoms with E-state index in [2.05, 4.69) is 30.9 Å². The predicted octanol–water partition coefficient (Wildman–Crippen LogP) is 1.45. The second-order valence-electron chi connectivity index (χ2n) is 4.02.